The van der Waals surface area contributed by atoms with Crippen molar-refractivity contribution in [3.8, 4) is 0 Å². The van der Waals surface area contributed by atoms with Crippen molar-refractivity contribution >= 4 is 23.5 Å². The number of benzene rings is 1. The summed E-state index contributed by atoms with van der Waals surface area (Å²) >= 11 is 5.88. The highest BCUT2D eigenvalue weighted by molar-refractivity contribution is 6.30. The zero-order valence-corrected chi connectivity index (χ0v) is 13.2. The average Bonchev–Trinajstić information content (AvgIpc) is 3.14. The van der Waals surface area contributed by atoms with Crippen LogP contribution in [-0.2, 0) is 4.79 Å². The number of aromatic nitrogens is 1. The van der Waals surface area contributed by atoms with Crippen LogP contribution in [0.3, 0.4) is 0 Å². The Labute approximate surface area is 137 Å². The van der Waals surface area contributed by atoms with Gasteiger partial charge in [-0.1, -0.05) is 23.7 Å². The molecule has 0 radical (unpaired) electrons. The largest absolute Gasteiger partial charge is 0.481 e. The molecule has 23 heavy (non-hydrogen) atoms. The van der Waals surface area contributed by atoms with E-state index in [2.05, 4.69) is 4.98 Å². The van der Waals surface area contributed by atoms with E-state index in [0.717, 1.165) is 5.56 Å². The van der Waals surface area contributed by atoms with Crippen LogP contribution in [0, 0.1) is 12.8 Å². The number of oxazole rings is 1. The van der Waals surface area contributed by atoms with E-state index in [0.29, 0.717) is 17.3 Å². The number of likely N-dealkylation sites (tertiary alicyclic amines) is 1. The summed E-state index contributed by atoms with van der Waals surface area (Å²) in [5.41, 5.74) is 1.35. The van der Waals surface area contributed by atoms with Crippen molar-refractivity contribution in [2.24, 2.45) is 5.92 Å². The molecule has 1 aliphatic rings. The van der Waals surface area contributed by atoms with Gasteiger partial charge in [0.2, 0.25) is 5.76 Å². The fourth-order valence-corrected chi connectivity index (χ4v) is 3.04. The predicted octanol–water partition coefficient (Wildman–Crippen LogP) is 2.58. The molecule has 1 aromatic heterocycles. The van der Waals surface area contributed by atoms with Gasteiger partial charge in [0.15, 0.2) is 6.39 Å². The van der Waals surface area contributed by atoms with Crippen LogP contribution in [0.25, 0.3) is 0 Å². The van der Waals surface area contributed by atoms with Crippen LogP contribution in [0.1, 0.15) is 27.7 Å². The lowest BCUT2D eigenvalue weighted by Gasteiger charge is -2.15. The standard InChI is InChI=1S/C16H15ClN2O4/c1-9-14(23-8-18-9)15(20)19-6-12(13(7-19)16(21)22)10-2-4-11(17)5-3-10/h2-5,8,12-13H,6-7H2,1H3,(H,21,22)/t12-,13+/m0/s1. The Morgan fingerprint density at radius 2 is 2.00 bits per heavy atom. The van der Waals surface area contributed by atoms with E-state index in [1.807, 2.05) is 0 Å². The summed E-state index contributed by atoms with van der Waals surface area (Å²) in [6.07, 6.45) is 1.21. The number of carbonyl (C=O) groups excluding carboxylic acids is 1. The van der Waals surface area contributed by atoms with Gasteiger partial charge < -0.3 is 14.4 Å². The van der Waals surface area contributed by atoms with E-state index in [1.54, 1.807) is 31.2 Å². The van der Waals surface area contributed by atoms with Crippen LogP contribution in [0.4, 0.5) is 0 Å². The van der Waals surface area contributed by atoms with Crippen LogP contribution in [-0.4, -0.2) is 40.0 Å². The second-order valence-corrected chi connectivity index (χ2v) is 6.02. The molecule has 120 valence electrons. The Balaban J connectivity index is 1.86. The molecule has 0 bridgehead atoms. The lowest BCUT2D eigenvalue weighted by Crippen LogP contribution is -2.30. The first-order chi connectivity index (χ1) is 11.0. The summed E-state index contributed by atoms with van der Waals surface area (Å²) in [6.45, 7) is 2.14. The van der Waals surface area contributed by atoms with Crippen molar-refractivity contribution < 1.29 is 19.1 Å². The number of hydrogen-bond donors (Lipinski definition) is 1. The summed E-state index contributed by atoms with van der Waals surface area (Å²) in [5.74, 6) is -2.04. The van der Waals surface area contributed by atoms with Gasteiger partial charge >= 0.3 is 5.97 Å². The van der Waals surface area contributed by atoms with Crippen LogP contribution < -0.4 is 0 Å². The summed E-state index contributed by atoms with van der Waals surface area (Å²) < 4.78 is 5.12. The van der Waals surface area contributed by atoms with Gasteiger partial charge in [-0.05, 0) is 24.6 Å². The number of nitrogens with zero attached hydrogens (tertiary/aromatic N) is 2. The molecule has 2 atom stereocenters. The van der Waals surface area contributed by atoms with E-state index in [9.17, 15) is 14.7 Å². The maximum atomic E-state index is 12.5. The first kappa shape index (κ1) is 15.6. The average molecular weight is 335 g/mol. The summed E-state index contributed by atoms with van der Waals surface area (Å²) in [7, 11) is 0. The van der Waals surface area contributed by atoms with E-state index in [-0.39, 0.29) is 24.1 Å². The van der Waals surface area contributed by atoms with Crippen molar-refractivity contribution in [2.75, 3.05) is 13.1 Å². The number of aryl methyl sites for hydroxylation is 1. The Hall–Kier alpha value is -2.34. The molecule has 6 nitrogen and oxygen atoms in total. The fraction of sp³-hybridized carbons (Fsp3) is 0.312. The third kappa shape index (κ3) is 2.94. The Morgan fingerprint density at radius 1 is 1.30 bits per heavy atom. The van der Waals surface area contributed by atoms with Crippen LogP contribution in [0.2, 0.25) is 5.02 Å². The van der Waals surface area contributed by atoms with Crippen molar-refractivity contribution in [3.05, 3.63) is 52.7 Å². The highest BCUT2D eigenvalue weighted by Gasteiger charge is 2.41. The van der Waals surface area contributed by atoms with Crippen LogP contribution in [0.5, 0.6) is 0 Å². The van der Waals surface area contributed by atoms with Crippen LogP contribution >= 0.6 is 11.6 Å². The number of carbonyl (C=O) groups is 2. The number of amides is 1. The Kier molecular flexibility index (Phi) is 4.09. The molecular weight excluding hydrogens is 320 g/mol. The topological polar surface area (TPSA) is 83.6 Å². The van der Waals surface area contributed by atoms with E-state index in [4.69, 9.17) is 16.0 Å². The molecular formula is C16H15ClN2O4. The van der Waals surface area contributed by atoms with Crippen molar-refractivity contribution in [3.63, 3.8) is 0 Å². The number of halogens is 1. The third-order valence-corrected chi connectivity index (χ3v) is 4.41. The second kappa shape index (κ2) is 6.04. The number of rotatable bonds is 3. The molecule has 1 N–H and O–H groups in total. The van der Waals surface area contributed by atoms with E-state index in [1.165, 1.54) is 11.3 Å². The molecule has 0 unspecified atom stereocenters. The molecule has 0 spiro atoms. The molecule has 3 rings (SSSR count). The van der Waals surface area contributed by atoms with Gasteiger partial charge in [-0.25, -0.2) is 4.98 Å². The maximum absolute atomic E-state index is 12.5. The number of hydrogen-bond acceptors (Lipinski definition) is 4. The smallest absolute Gasteiger partial charge is 0.308 e. The minimum Gasteiger partial charge on any atom is -0.481 e. The quantitative estimate of drug-likeness (QED) is 0.932. The second-order valence-electron chi connectivity index (χ2n) is 5.58. The van der Waals surface area contributed by atoms with E-state index < -0.39 is 11.9 Å². The molecule has 1 fully saturated rings. The number of aliphatic carboxylic acids is 1. The number of carboxylic acids is 1. The minimum absolute atomic E-state index is 0.140. The minimum atomic E-state index is -0.922. The normalized spacial score (nSPS) is 20.7. The van der Waals surface area contributed by atoms with Crippen molar-refractivity contribution in [2.45, 2.75) is 12.8 Å². The molecule has 1 amide bonds. The van der Waals surface area contributed by atoms with Gasteiger partial charge in [0.05, 0.1) is 11.6 Å². The maximum Gasteiger partial charge on any atom is 0.308 e. The Bertz CT molecular complexity index is 741. The third-order valence-electron chi connectivity index (χ3n) is 4.16. The van der Waals surface area contributed by atoms with Gasteiger partial charge in [-0.2, -0.15) is 0 Å². The van der Waals surface area contributed by atoms with E-state index >= 15 is 0 Å². The zero-order valence-electron chi connectivity index (χ0n) is 12.4. The molecule has 0 saturated carbocycles. The summed E-state index contributed by atoms with van der Waals surface area (Å²) in [4.78, 5) is 29.5. The number of carboxylic acid groups (broad SMARTS) is 1. The zero-order chi connectivity index (χ0) is 16.6. The molecule has 7 heteroatoms. The van der Waals surface area contributed by atoms with Gasteiger partial charge in [0, 0.05) is 24.0 Å². The highest BCUT2D eigenvalue weighted by atomic mass is 35.5. The van der Waals surface area contributed by atoms with Gasteiger partial charge in [-0.3, -0.25) is 9.59 Å². The molecule has 1 aliphatic heterocycles. The molecule has 2 aromatic rings. The van der Waals surface area contributed by atoms with Gasteiger partial charge in [0.25, 0.3) is 5.91 Å². The SMILES string of the molecule is Cc1ncoc1C(=O)N1C[C@@H](C(=O)O)[C@H](c2ccc(Cl)cc2)C1. The first-order valence-corrected chi connectivity index (χ1v) is 7.53. The summed E-state index contributed by atoms with van der Waals surface area (Å²) in [5, 5.41) is 10.1. The van der Waals surface area contributed by atoms with Crippen molar-refractivity contribution in [1.29, 1.82) is 0 Å². The fourth-order valence-electron chi connectivity index (χ4n) is 2.92. The van der Waals surface area contributed by atoms with Gasteiger partial charge in [0.1, 0.15) is 0 Å². The van der Waals surface area contributed by atoms with Crippen molar-refractivity contribution in [1.82, 2.24) is 9.88 Å². The summed E-state index contributed by atoms with van der Waals surface area (Å²) in [6, 6.07) is 7.05. The first-order valence-electron chi connectivity index (χ1n) is 7.15. The molecule has 1 aromatic carbocycles. The van der Waals surface area contributed by atoms with Gasteiger partial charge in [-0.15, -0.1) is 0 Å². The monoisotopic (exact) mass is 334 g/mol. The predicted molar refractivity (Wildman–Crippen MR) is 82.5 cm³/mol. The lowest BCUT2D eigenvalue weighted by atomic mass is 9.89. The Morgan fingerprint density at radius 3 is 2.57 bits per heavy atom. The van der Waals surface area contributed by atoms with Crippen LogP contribution in [0.15, 0.2) is 35.1 Å². The molecule has 1 saturated heterocycles. The highest BCUT2D eigenvalue weighted by Crippen LogP contribution is 2.34. The lowest BCUT2D eigenvalue weighted by molar-refractivity contribution is -0.141. The molecule has 2 heterocycles. The molecule has 0 aliphatic carbocycles.